The van der Waals surface area contributed by atoms with E-state index in [1.807, 2.05) is 66.7 Å². The predicted octanol–water partition coefficient (Wildman–Crippen LogP) is 4.72. The molecule has 0 heterocycles. The predicted molar refractivity (Wildman–Crippen MR) is 110 cm³/mol. The van der Waals surface area contributed by atoms with Gasteiger partial charge in [-0.3, -0.25) is 4.79 Å². The van der Waals surface area contributed by atoms with E-state index in [0.717, 1.165) is 22.0 Å². The van der Waals surface area contributed by atoms with Gasteiger partial charge in [0.05, 0.1) is 6.54 Å². The van der Waals surface area contributed by atoms with Crippen molar-refractivity contribution in [3.05, 3.63) is 83.4 Å². The van der Waals surface area contributed by atoms with Crippen LogP contribution in [0.15, 0.2) is 77.9 Å². The Labute approximate surface area is 157 Å². The number of nitrogens with one attached hydrogen (secondary N) is 2. The maximum Gasteiger partial charge on any atom is 0.259 e. The lowest BCUT2D eigenvalue weighted by Crippen LogP contribution is -2.25. The second kappa shape index (κ2) is 8.83. The Bertz CT molecular complexity index is 966. The molecule has 0 atom stereocenters. The highest BCUT2D eigenvalue weighted by atomic mass is 35.5. The van der Waals surface area contributed by atoms with E-state index in [-0.39, 0.29) is 12.5 Å². The molecule has 4 nitrogen and oxygen atoms in total. The van der Waals surface area contributed by atoms with Gasteiger partial charge in [-0.2, -0.15) is 5.10 Å². The van der Waals surface area contributed by atoms with E-state index >= 15 is 0 Å². The van der Waals surface area contributed by atoms with Crippen molar-refractivity contribution in [3.8, 4) is 0 Å². The van der Waals surface area contributed by atoms with Crippen molar-refractivity contribution < 1.29 is 4.79 Å². The first-order chi connectivity index (χ1) is 12.7. The van der Waals surface area contributed by atoms with Crippen LogP contribution in [0, 0.1) is 0 Å². The van der Waals surface area contributed by atoms with Gasteiger partial charge in [0.15, 0.2) is 0 Å². The third-order valence-electron chi connectivity index (χ3n) is 3.73. The average molecular weight is 364 g/mol. The van der Waals surface area contributed by atoms with Crippen LogP contribution < -0.4 is 10.7 Å². The summed E-state index contributed by atoms with van der Waals surface area (Å²) in [7, 11) is 0. The van der Waals surface area contributed by atoms with Crippen LogP contribution in [-0.4, -0.2) is 18.7 Å². The van der Waals surface area contributed by atoms with Gasteiger partial charge in [-0.15, -0.1) is 0 Å². The van der Waals surface area contributed by atoms with E-state index in [9.17, 15) is 4.79 Å². The number of nitrogens with zero attached hydrogens (tertiary/aromatic N) is 1. The molecule has 5 heteroatoms. The van der Waals surface area contributed by atoms with Crippen molar-refractivity contribution >= 4 is 46.3 Å². The van der Waals surface area contributed by atoms with Crippen LogP contribution in [0.2, 0.25) is 5.02 Å². The number of halogens is 1. The molecule has 26 heavy (non-hydrogen) atoms. The zero-order chi connectivity index (χ0) is 18.2. The minimum absolute atomic E-state index is 0.143. The Morgan fingerprint density at radius 2 is 1.77 bits per heavy atom. The first-order valence-corrected chi connectivity index (χ1v) is 8.56. The van der Waals surface area contributed by atoms with Crippen LogP contribution in [0.4, 0.5) is 5.69 Å². The summed E-state index contributed by atoms with van der Waals surface area (Å²) in [5, 5.41) is 9.93. The standard InChI is InChI=1S/C21H18ClN3O/c22-20-10-4-3-7-17(20)9-5-13-24-25-21(26)15-23-19-12-11-16-6-1-2-8-18(16)14-19/h1-14,23H,15H2,(H,25,26)/b9-5+,24-13+. The second-order valence-corrected chi connectivity index (χ2v) is 6.02. The summed E-state index contributed by atoms with van der Waals surface area (Å²) in [6, 6.07) is 21.6. The van der Waals surface area contributed by atoms with Crippen molar-refractivity contribution in [2.24, 2.45) is 5.10 Å². The minimum atomic E-state index is -0.222. The van der Waals surface area contributed by atoms with Gasteiger partial charge in [0.25, 0.3) is 5.91 Å². The molecule has 0 spiro atoms. The number of fused-ring (bicyclic) bond motifs is 1. The highest BCUT2D eigenvalue weighted by Gasteiger charge is 2.00. The van der Waals surface area contributed by atoms with E-state index in [4.69, 9.17) is 11.6 Å². The average Bonchev–Trinajstić information content (AvgIpc) is 2.67. The van der Waals surface area contributed by atoms with E-state index in [0.29, 0.717) is 5.02 Å². The number of benzene rings is 3. The highest BCUT2D eigenvalue weighted by Crippen LogP contribution is 2.18. The van der Waals surface area contributed by atoms with Gasteiger partial charge in [-0.05, 0) is 40.6 Å². The molecule has 3 aromatic carbocycles. The normalized spacial score (nSPS) is 11.3. The van der Waals surface area contributed by atoms with Crippen LogP contribution in [0.3, 0.4) is 0 Å². The molecule has 0 aromatic heterocycles. The molecule has 0 bridgehead atoms. The third kappa shape index (κ3) is 4.94. The number of rotatable bonds is 6. The third-order valence-corrected chi connectivity index (χ3v) is 4.08. The SMILES string of the molecule is O=C(CNc1ccc2ccccc2c1)N/N=C/C=C/c1ccccc1Cl. The molecule has 130 valence electrons. The molecule has 3 rings (SSSR count). The van der Waals surface area contributed by atoms with E-state index in [1.165, 1.54) is 6.21 Å². The molecule has 2 N–H and O–H groups in total. The molecular weight excluding hydrogens is 346 g/mol. The van der Waals surface area contributed by atoms with Crippen molar-refractivity contribution in [3.63, 3.8) is 0 Å². The van der Waals surface area contributed by atoms with Gasteiger partial charge in [0, 0.05) is 16.9 Å². The number of amides is 1. The van der Waals surface area contributed by atoms with E-state index < -0.39 is 0 Å². The van der Waals surface area contributed by atoms with Crippen molar-refractivity contribution in [1.82, 2.24) is 5.43 Å². The molecule has 3 aromatic rings. The van der Waals surface area contributed by atoms with E-state index in [2.05, 4.69) is 21.9 Å². The monoisotopic (exact) mass is 363 g/mol. The van der Waals surface area contributed by atoms with Gasteiger partial charge in [-0.25, -0.2) is 5.43 Å². The Morgan fingerprint density at radius 3 is 2.62 bits per heavy atom. The fourth-order valence-electron chi connectivity index (χ4n) is 2.43. The first kappa shape index (κ1) is 17.7. The number of carbonyl (C=O) groups is 1. The van der Waals surface area contributed by atoms with Gasteiger partial charge in [0.2, 0.25) is 0 Å². The van der Waals surface area contributed by atoms with Gasteiger partial charge in [-0.1, -0.05) is 66.2 Å². The zero-order valence-electron chi connectivity index (χ0n) is 14.0. The molecule has 0 aliphatic heterocycles. The molecule has 0 saturated carbocycles. The Hall–Kier alpha value is -3.11. The Morgan fingerprint density at radius 1 is 1.00 bits per heavy atom. The second-order valence-electron chi connectivity index (χ2n) is 5.61. The lowest BCUT2D eigenvalue weighted by atomic mass is 10.1. The van der Waals surface area contributed by atoms with Gasteiger partial charge in [0.1, 0.15) is 0 Å². The summed E-state index contributed by atoms with van der Waals surface area (Å²) in [6.07, 6.45) is 5.06. The summed E-state index contributed by atoms with van der Waals surface area (Å²) in [4.78, 5) is 11.8. The van der Waals surface area contributed by atoms with E-state index in [1.54, 1.807) is 6.08 Å². The molecule has 0 unspecified atom stereocenters. The molecule has 0 radical (unpaired) electrons. The lowest BCUT2D eigenvalue weighted by molar-refractivity contribution is -0.119. The molecular formula is C21H18ClN3O. The quantitative estimate of drug-likeness (QED) is 0.491. The number of allylic oxidation sites excluding steroid dienone is 1. The fourth-order valence-corrected chi connectivity index (χ4v) is 2.63. The highest BCUT2D eigenvalue weighted by molar-refractivity contribution is 6.32. The number of carbonyl (C=O) groups excluding carboxylic acids is 1. The minimum Gasteiger partial charge on any atom is -0.376 e. The van der Waals surface area contributed by atoms with Crippen molar-refractivity contribution in [2.45, 2.75) is 0 Å². The topological polar surface area (TPSA) is 53.5 Å². The molecule has 0 aliphatic rings. The number of anilines is 1. The fraction of sp³-hybridized carbons (Fsp3) is 0.0476. The zero-order valence-corrected chi connectivity index (χ0v) is 14.8. The number of hydrogen-bond donors (Lipinski definition) is 2. The molecule has 0 fully saturated rings. The Kier molecular flexibility index (Phi) is 6.01. The summed E-state index contributed by atoms with van der Waals surface area (Å²) in [5.74, 6) is -0.222. The van der Waals surface area contributed by atoms with Crippen LogP contribution in [-0.2, 0) is 4.79 Å². The summed E-state index contributed by atoms with van der Waals surface area (Å²) in [5.41, 5.74) is 4.26. The summed E-state index contributed by atoms with van der Waals surface area (Å²) < 4.78 is 0. The largest absolute Gasteiger partial charge is 0.376 e. The van der Waals surface area contributed by atoms with Crippen LogP contribution in [0.5, 0.6) is 0 Å². The van der Waals surface area contributed by atoms with Crippen LogP contribution in [0.1, 0.15) is 5.56 Å². The maximum absolute atomic E-state index is 11.8. The Balaban J connectivity index is 1.47. The smallest absolute Gasteiger partial charge is 0.259 e. The maximum atomic E-state index is 11.8. The molecule has 0 saturated heterocycles. The van der Waals surface area contributed by atoms with Crippen molar-refractivity contribution in [1.29, 1.82) is 0 Å². The van der Waals surface area contributed by atoms with Crippen LogP contribution >= 0.6 is 11.6 Å². The van der Waals surface area contributed by atoms with Crippen molar-refractivity contribution in [2.75, 3.05) is 11.9 Å². The molecule has 0 aliphatic carbocycles. The van der Waals surface area contributed by atoms with Gasteiger partial charge >= 0.3 is 0 Å². The number of hydrogen-bond acceptors (Lipinski definition) is 3. The summed E-state index contributed by atoms with van der Waals surface area (Å²) in [6.45, 7) is 0.143. The molecule has 1 amide bonds. The first-order valence-electron chi connectivity index (χ1n) is 8.18. The number of hydrazone groups is 1. The lowest BCUT2D eigenvalue weighted by Gasteiger charge is -2.06. The van der Waals surface area contributed by atoms with Crippen LogP contribution in [0.25, 0.3) is 16.8 Å². The van der Waals surface area contributed by atoms with Gasteiger partial charge < -0.3 is 5.32 Å². The summed E-state index contributed by atoms with van der Waals surface area (Å²) >= 11 is 6.05.